The molecule has 18 heteroatoms. The second kappa shape index (κ2) is 22.5. The van der Waals surface area contributed by atoms with Gasteiger partial charge >= 0.3 is 17.6 Å². The molecule has 3 aliphatic heterocycles. The molecule has 6 aromatic rings. The van der Waals surface area contributed by atoms with Crippen molar-refractivity contribution in [2.75, 3.05) is 52.5 Å². The lowest BCUT2D eigenvalue weighted by Crippen LogP contribution is -2.47. The van der Waals surface area contributed by atoms with Crippen molar-refractivity contribution >= 4 is 85.8 Å². The van der Waals surface area contributed by atoms with Gasteiger partial charge in [0, 0.05) is 53.9 Å². The first kappa shape index (κ1) is 51.6. The van der Waals surface area contributed by atoms with Crippen LogP contribution >= 0.6 is 0 Å². The number of para-hydroxylation sites is 1. The number of anilines is 7. The summed E-state index contributed by atoms with van der Waals surface area (Å²) in [5, 5.41) is 30.1. The fraction of sp³-hybridized carbons (Fsp3) is 0.429. The van der Waals surface area contributed by atoms with Gasteiger partial charge in [-0.3, -0.25) is 0 Å². The Morgan fingerprint density at radius 1 is 0.784 bits per heavy atom. The Kier molecular flexibility index (Phi) is 15.7. The van der Waals surface area contributed by atoms with Crippen LogP contribution in [0.1, 0.15) is 87.0 Å². The summed E-state index contributed by atoms with van der Waals surface area (Å²) in [6, 6.07) is 27.8. The van der Waals surface area contributed by atoms with Crippen LogP contribution in [0.2, 0.25) is 12.1 Å². The van der Waals surface area contributed by atoms with Crippen LogP contribution in [0, 0.1) is 20.8 Å². The van der Waals surface area contributed by atoms with Gasteiger partial charge in [-0.05, 0) is 129 Å². The van der Waals surface area contributed by atoms with E-state index in [2.05, 4.69) is 84.7 Å². The molecule has 5 aromatic carbocycles. The molecule has 7 atom stereocenters. The monoisotopic (exact) mass is 1040 g/mol. The molecule has 7 unspecified atom stereocenters. The molecule has 3 saturated heterocycles. The number of fused-ring (bicyclic) bond motifs is 4. The molecule has 4 fully saturated rings. The first-order valence-corrected chi connectivity index (χ1v) is 30.4. The third-order valence-corrected chi connectivity index (χ3v) is 20.1. The number of phenolic OH excluding ortho intramolecular Hbond substituents is 1. The van der Waals surface area contributed by atoms with Crippen LogP contribution < -0.4 is 31.9 Å². The summed E-state index contributed by atoms with van der Waals surface area (Å²) < 4.78 is 33.1. The van der Waals surface area contributed by atoms with Crippen LogP contribution in [0.5, 0.6) is 5.75 Å². The number of aryl methyl sites for hydroxylation is 3. The van der Waals surface area contributed by atoms with Crippen LogP contribution in [0.3, 0.4) is 0 Å². The second-order valence-electron chi connectivity index (χ2n) is 20.1. The highest BCUT2D eigenvalue weighted by atomic mass is 28.4. The van der Waals surface area contributed by atoms with Gasteiger partial charge in [0.15, 0.2) is 0 Å². The molecule has 74 heavy (non-hydrogen) atoms. The number of hydrogen-bond acceptors (Lipinski definition) is 16. The van der Waals surface area contributed by atoms with E-state index >= 15 is 0 Å². The molecule has 4 heterocycles. The Labute approximate surface area is 436 Å². The van der Waals surface area contributed by atoms with Crippen molar-refractivity contribution in [3.8, 4) is 5.75 Å². The summed E-state index contributed by atoms with van der Waals surface area (Å²) in [5.41, 5.74) is 15.9. The minimum atomic E-state index is -3.32. The van der Waals surface area contributed by atoms with E-state index < -0.39 is 17.6 Å². The van der Waals surface area contributed by atoms with E-state index in [1.807, 2.05) is 60.4 Å². The number of nitrogens with two attached hydrogens (primary N) is 1. The molecule has 390 valence electrons. The van der Waals surface area contributed by atoms with Gasteiger partial charge in [0.1, 0.15) is 5.75 Å². The molecular formula is C56H71N9O7Si2. The maximum Gasteiger partial charge on any atom is 0.502 e. The van der Waals surface area contributed by atoms with Crippen molar-refractivity contribution in [2.24, 2.45) is 5.73 Å². The Hall–Kier alpha value is -5.90. The second-order valence-corrected chi connectivity index (χ2v) is 25.1. The average molecular weight is 1040 g/mol. The van der Waals surface area contributed by atoms with Crippen LogP contribution in [0.25, 0.3) is 27.6 Å². The summed E-state index contributed by atoms with van der Waals surface area (Å²) in [7, 11) is -6.36. The predicted molar refractivity (Wildman–Crippen MR) is 299 cm³/mol. The first-order chi connectivity index (χ1) is 36.0. The maximum atomic E-state index is 12.3. The Morgan fingerprint density at radius 2 is 1.57 bits per heavy atom. The fourth-order valence-electron chi connectivity index (χ4n) is 11.3. The van der Waals surface area contributed by atoms with Crippen molar-refractivity contribution in [3.05, 3.63) is 113 Å². The fourth-order valence-corrected chi connectivity index (χ4v) is 16.9. The topological polar surface area (TPSA) is 203 Å². The largest absolute Gasteiger partial charge is 0.505 e. The Bertz CT molecular complexity index is 3020. The first-order valence-electron chi connectivity index (χ1n) is 26.5. The lowest BCUT2D eigenvalue weighted by molar-refractivity contribution is -0.0100. The number of benzene rings is 5. The molecule has 1 aliphatic carbocycles. The van der Waals surface area contributed by atoms with Crippen molar-refractivity contribution in [3.63, 3.8) is 0 Å². The zero-order chi connectivity index (χ0) is 51.4. The number of phenols is 1. The quantitative estimate of drug-likeness (QED) is 0.0141. The molecule has 0 spiro atoms. The Balaban J connectivity index is 0.887. The van der Waals surface area contributed by atoms with E-state index in [9.17, 15) is 9.90 Å². The van der Waals surface area contributed by atoms with E-state index in [0.717, 1.165) is 72.0 Å². The SMILES string of the molecule is C=C=Cc1cc2cc(C)cc(Nc3nc(NCCC[Si]45OC6CCCCCCC7O[Si](O)(CCCN)OC7CC(O4)C6O5)nc(N(CC)c4ccccc4)n3)c2c(O)c1NCNc1ccc2c(C)cccc2c1C. The summed E-state index contributed by atoms with van der Waals surface area (Å²) in [5.74, 6) is 1.20. The summed E-state index contributed by atoms with van der Waals surface area (Å²) in [4.78, 5) is 28.3. The highest BCUT2D eigenvalue weighted by Gasteiger charge is 2.64. The molecule has 16 nitrogen and oxygen atoms in total. The average Bonchev–Trinajstić information content (AvgIpc) is 4.03. The van der Waals surface area contributed by atoms with Crippen molar-refractivity contribution in [1.29, 1.82) is 0 Å². The van der Waals surface area contributed by atoms with E-state index in [1.165, 1.54) is 16.3 Å². The van der Waals surface area contributed by atoms with Crippen LogP contribution in [0.15, 0.2) is 91.2 Å². The number of nitrogens with zero attached hydrogens (tertiary/aromatic N) is 4. The minimum Gasteiger partial charge on any atom is -0.505 e. The normalized spacial score (nSPS) is 24.4. The smallest absolute Gasteiger partial charge is 0.502 e. The van der Waals surface area contributed by atoms with Gasteiger partial charge in [-0.15, -0.1) is 5.73 Å². The predicted octanol–water partition coefficient (Wildman–Crippen LogP) is 10.7. The van der Waals surface area contributed by atoms with Gasteiger partial charge in [0.25, 0.3) is 0 Å². The molecule has 0 amide bonds. The molecule has 0 radical (unpaired) electrons. The zero-order valence-corrected chi connectivity index (χ0v) is 45.1. The number of rotatable bonds is 18. The number of nitrogens with one attached hydrogen (secondary N) is 4. The Morgan fingerprint density at radius 3 is 2.36 bits per heavy atom. The lowest BCUT2D eigenvalue weighted by Gasteiger charge is -2.33. The van der Waals surface area contributed by atoms with Crippen molar-refractivity contribution in [1.82, 2.24) is 15.0 Å². The van der Waals surface area contributed by atoms with Crippen LogP contribution in [0.4, 0.5) is 40.6 Å². The molecule has 1 aromatic heterocycles. The van der Waals surface area contributed by atoms with Gasteiger partial charge < -0.3 is 63.9 Å². The van der Waals surface area contributed by atoms with Gasteiger partial charge in [-0.25, -0.2) is 0 Å². The molecule has 4 aliphatic rings. The molecule has 8 N–H and O–H groups in total. The van der Waals surface area contributed by atoms with E-state index in [-0.39, 0.29) is 36.3 Å². The van der Waals surface area contributed by atoms with Gasteiger partial charge in [-0.1, -0.05) is 80.8 Å². The van der Waals surface area contributed by atoms with Crippen LogP contribution in [-0.2, 0) is 22.1 Å². The van der Waals surface area contributed by atoms with Crippen LogP contribution in [-0.4, -0.2) is 99.3 Å². The number of aromatic hydroxyl groups is 1. The van der Waals surface area contributed by atoms with Gasteiger partial charge in [0.05, 0.1) is 48.6 Å². The third kappa shape index (κ3) is 11.1. The summed E-state index contributed by atoms with van der Waals surface area (Å²) in [6.07, 6.45) is 8.97. The van der Waals surface area contributed by atoms with Gasteiger partial charge in [-0.2, -0.15) is 15.0 Å². The standard InChI is InChI=1S/C56H71N9O7Si2/c1-6-18-39-33-40-31-36(3)32-45(50(40)52(66)51(39)60-35-59-44-26-25-42-37(4)19-15-22-43(42)38(44)5)61-55-62-54(63-56(64-55)65(7-2)41-20-11-10-12-21-41)58-28-17-30-74-70-47-24-14-9-8-13-23-46-48(34-49(71-74)53(47)72-74)69-73(67,68-46)29-16-27-57/h10-12,15,18-22,25-26,31-33,46-49,53,59-60,66-67H,1,7-9,13-14,16-17,23-24,27-30,34-35,57H2,2-5H3,(H2,58,61,62,63,64). The maximum absolute atomic E-state index is 12.3. The lowest BCUT2D eigenvalue weighted by atomic mass is 9.93. The molecule has 2 bridgehead atoms. The molecular weight excluding hydrogens is 967 g/mol. The highest BCUT2D eigenvalue weighted by Crippen LogP contribution is 2.46. The molecule has 10 rings (SSSR count). The van der Waals surface area contributed by atoms with E-state index in [0.29, 0.717) is 92.3 Å². The number of aromatic nitrogens is 3. The summed E-state index contributed by atoms with van der Waals surface area (Å²) >= 11 is 0. The summed E-state index contributed by atoms with van der Waals surface area (Å²) in [6.45, 7) is 14.1. The van der Waals surface area contributed by atoms with Gasteiger partial charge in [0.2, 0.25) is 17.8 Å². The van der Waals surface area contributed by atoms with Crippen molar-refractivity contribution in [2.45, 2.75) is 128 Å². The molecule has 1 saturated carbocycles. The van der Waals surface area contributed by atoms with Crippen molar-refractivity contribution < 1.29 is 32.0 Å². The third-order valence-electron chi connectivity index (χ3n) is 14.9. The zero-order valence-electron chi connectivity index (χ0n) is 43.1. The highest BCUT2D eigenvalue weighted by molar-refractivity contribution is 6.62. The van der Waals surface area contributed by atoms with E-state index in [4.69, 9.17) is 42.8 Å². The minimum absolute atomic E-state index is 0.0329. The van der Waals surface area contributed by atoms with E-state index in [1.54, 1.807) is 6.08 Å². The number of hydrogen-bond donors (Lipinski definition) is 7.